The van der Waals surface area contributed by atoms with Gasteiger partial charge >= 0.3 is 0 Å². The van der Waals surface area contributed by atoms with Crippen LogP contribution in [-0.2, 0) is 10.3 Å². The van der Waals surface area contributed by atoms with E-state index in [2.05, 4.69) is 48.6 Å². The molecule has 1 saturated heterocycles. The summed E-state index contributed by atoms with van der Waals surface area (Å²) in [6.07, 6.45) is 5.08. The van der Waals surface area contributed by atoms with Gasteiger partial charge in [-0.3, -0.25) is 9.48 Å². The van der Waals surface area contributed by atoms with E-state index in [4.69, 9.17) is 0 Å². The molecule has 2 heterocycles. The Hall–Kier alpha value is -1.50. The molecule has 2 aromatic rings. The Labute approximate surface area is 165 Å². The third-order valence-electron chi connectivity index (χ3n) is 4.33. The smallest absolute Gasteiger partial charge is 0.252 e. The zero-order chi connectivity index (χ0) is 17.9. The number of carbonyl (C=O) groups excluding carboxylic acids is 1. The third kappa shape index (κ3) is 4.81. The maximum absolute atomic E-state index is 13.1. The van der Waals surface area contributed by atoms with Gasteiger partial charge in [-0.05, 0) is 56.3 Å². The Morgan fingerprint density at radius 2 is 1.88 bits per heavy atom. The van der Waals surface area contributed by atoms with Crippen molar-refractivity contribution in [2.45, 2.75) is 48.8 Å². The maximum Gasteiger partial charge on any atom is 0.252 e. The lowest BCUT2D eigenvalue weighted by atomic mass is 9.87. The van der Waals surface area contributed by atoms with Gasteiger partial charge in [-0.15, -0.1) is 24.2 Å². The Morgan fingerprint density at radius 3 is 2.42 bits per heavy atom. The molecule has 1 aromatic carbocycles. The molecule has 0 saturated carbocycles. The molecular weight excluding hydrogens is 368 g/mol. The minimum atomic E-state index is -0.617. The molecule has 5 nitrogen and oxygen atoms in total. The molecule has 1 aliphatic rings. The summed E-state index contributed by atoms with van der Waals surface area (Å²) in [7, 11) is 0. The van der Waals surface area contributed by atoms with Crippen LogP contribution < -0.4 is 10.6 Å². The molecule has 0 bridgehead atoms. The number of hydrogen-bond acceptors (Lipinski definition) is 4. The van der Waals surface area contributed by atoms with Gasteiger partial charge in [0.05, 0.1) is 0 Å². The fraction of sp³-hybridized carbons (Fsp3) is 0.474. The molecule has 7 heteroatoms. The number of anilines is 1. The van der Waals surface area contributed by atoms with Crippen molar-refractivity contribution in [3.63, 3.8) is 0 Å². The second kappa shape index (κ2) is 8.46. The van der Waals surface area contributed by atoms with Gasteiger partial charge in [0.25, 0.3) is 5.91 Å². The number of benzene rings is 1. The fourth-order valence-corrected chi connectivity index (χ4v) is 4.11. The molecule has 0 atom stereocenters. The number of amides is 1. The fourth-order valence-electron chi connectivity index (χ4n) is 3.13. The number of hydrogen-bond donors (Lipinski definition) is 2. The van der Waals surface area contributed by atoms with Crippen LogP contribution in [0.3, 0.4) is 0 Å². The monoisotopic (exact) mass is 394 g/mol. The molecule has 1 aliphatic heterocycles. The van der Waals surface area contributed by atoms with Crippen LogP contribution in [0.15, 0.2) is 47.6 Å². The molecule has 0 unspecified atom stereocenters. The summed E-state index contributed by atoms with van der Waals surface area (Å²) in [6.45, 7) is 8.21. The highest BCUT2D eigenvalue weighted by Crippen LogP contribution is 2.33. The molecular formula is C19H27ClN4OS. The van der Waals surface area contributed by atoms with Gasteiger partial charge in [0, 0.05) is 27.7 Å². The van der Waals surface area contributed by atoms with Crippen molar-refractivity contribution in [2.24, 2.45) is 0 Å². The molecule has 3 rings (SSSR count). The molecule has 1 aromatic heterocycles. The molecule has 26 heavy (non-hydrogen) atoms. The summed E-state index contributed by atoms with van der Waals surface area (Å²) in [4.78, 5) is 14.3. The first kappa shape index (κ1) is 20.8. The molecule has 142 valence electrons. The number of piperidine rings is 1. The van der Waals surface area contributed by atoms with E-state index < -0.39 is 5.54 Å². The van der Waals surface area contributed by atoms with Crippen LogP contribution in [0.4, 0.5) is 5.69 Å². The third-order valence-corrected chi connectivity index (χ3v) is 5.45. The van der Waals surface area contributed by atoms with Crippen molar-refractivity contribution in [3.8, 4) is 0 Å². The number of nitrogens with zero attached hydrogens (tertiary/aromatic N) is 2. The van der Waals surface area contributed by atoms with E-state index in [1.165, 1.54) is 4.90 Å². The average molecular weight is 395 g/mol. The topological polar surface area (TPSA) is 59.0 Å². The van der Waals surface area contributed by atoms with Crippen LogP contribution in [0, 0.1) is 0 Å². The van der Waals surface area contributed by atoms with Crippen molar-refractivity contribution < 1.29 is 4.79 Å². The van der Waals surface area contributed by atoms with Gasteiger partial charge in [0.2, 0.25) is 0 Å². The first-order valence-electron chi connectivity index (χ1n) is 8.70. The number of rotatable bonds is 4. The standard InChI is InChI=1S/C19H26N4OS.ClH/c1-18(2,3)25-16-7-5-15(6-8-16)22-17(24)19(9-12-20-13-10-19)23-14-4-11-21-23;/h4-8,11,14,20H,9-10,12-13H2,1-3H3,(H,22,24);1H. The van der Waals surface area contributed by atoms with Gasteiger partial charge in [0.15, 0.2) is 0 Å². The molecule has 0 radical (unpaired) electrons. The van der Waals surface area contributed by atoms with E-state index in [1.54, 1.807) is 6.20 Å². The summed E-state index contributed by atoms with van der Waals surface area (Å²) < 4.78 is 1.98. The van der Waals surface area contributed by atoms with Crippen LogP contribution in [0.1, 0.15) is 33.6 Å². The van der Waals surface area contributed by atoms with E-state index in [1.807, 2.05) is 40.8 Å². The Bertz CT molecular complexity index is 704. The van der Waals surface area contributed by atoms with Crippen molar-refractivity contribution in [2.75, 3.05) is 18.4 Å². The summed E-state index contributed by atoms with van der Waals surface area (Å²) in [6, 6.07) is 9.95. The molecule has 2 N–H and O–H groups in total. The summed E-state index contributed by atoms with van der Waals surface area (Å²) >= 11 is 1.82. The number of nitrogens with one attached hydrogen (secondary N) is 2. The highest BCUT2D eigenvalue weighted by molar-refractivity contribution is 8.00. The van der Waals surface area contributed by atoms with E-state index in [0.717, 1.165) is 31.6 Å². The van der Waals surface area contributed by atoms with Crippen molar-refractivity contribution in [3.05, 3.63) is 42.7 Å². The maximum atomic E-state index is 13.1. The van der Waals surface area contributed by atoms with Gasteiger partial charge in [-0.25, -0.2) is 0 Å². The van der Waals surface area contributed by atoms with Gasteiger partial charge in [-0.1, -0.05) is 20.8 Å². The van der Waals surface area contributed by atoms with E-state index in [-0.39, 0.29) is 23.1 Å². The zero-order valence-corrected chi connectivity index (χ0v) is 17.1. The summed E-state index contributed by atoms with van der Waals surface area (Å²) in [5.74, 6) is 0.00826. The largest absolute Gasteiger partial charge is 0.324 e. The Morgan fingerprint density at radius 1 is 1.23 bits per heavy atom. The second-order valence-electron chi connectivity index (χ2n) is 7.43. The zero-order valence-electron chi connectivity index (χ0n) is 15.5. The highest BCUT2D eigenvalue weighted by atomic mass is 35.5. The predicted octanol–water partition coefficient (Wildman–Crippen LogP) is 3.91. The predicted molar refractivity (Wildman–Crippen MR) is 110 cm³/mol. The average Bonchev–Trinajstić information content (AvgIpc) is 3.11. The lowest BCUT2D eigenvalue weighted by Crippen LogP contribution is -2.52. The minimum absolute atomic E-state index is 0. The van der Waals surface area contributed by atoms with Gasteiger partial charge < -0.3 is 10.6 Å². The molecule has 0 spiro atoms. The van der Waals surface area contributed by atoms with Crippen LogP contribution >= 0.6 is 24.2 Å². The highest BCUT2D eigenvalue weighted by Gasteiger charge is 2.42. The van der Waals surface area contributed by atoms with Gasteiger partial charge in [0.1, 0.15) is 5.54 Å². The van der Waals surface area contributed by atoms with E-state index >= 15 is 0 Å². The quantitative estimate of drug-likeness (QED) is 0.772. The first-order valence-corrected chi connectivity index (χ1v) is 9.52. The Balaban J connectivity index is 0.00000243. The SMILES string of the molecule is CC(C)(C)Sc1ccc(NC(=O)C2(n3cccn3)CCNCC2)cc1.Cl. The van der Waals surface area contributed by atoms with Crippen LogP contribution in [0.2, 0.25) is 0 Å². The lowest BCUT2D eigenvalue weighted by molar-refractivity contribution is -0.126. The minimum Gasteiger partial charge on any atom is -0.324 e. The van der Waals surface area contributed by atoms with Crippen LogP contribution in [0.5, 0.6) is 0 Å². The van der Waals surface area contributed by atoms with E-state index in [9.17, 15) is 4.79 Å². The van der Waals surface area contributed by atoms with Crippen molar-refractivity contribution in [1.82, 2.24) is 15.1 Å². The number of carbonyl (C=O) groups is 1. The summed E-state index contributed by atoms with van der Waals surface area (Å²) in [5.41, 5.74) is 0.210. The number of thioether (sulfide) groups is 1. The van der Waals surface area contributed by atoms with Crippen LogP contribution in [0.25, 0.3) is 0 Å². The molecule has 0 aliphatic carbocycles. The summed E-state index contributed by atoms with van der Waals surface area (Å²) in [5, 5.41) is 10.8. The van der Waals surface area contributed by atoms with Crippen LogP contribution in [-0.4, -0.2) is 33.5 Å². The number of aromatic nitrogens is 2. The number of halogens is 1. The van der Waals surface area contributed by atoms with Crippen molar-refractivity contribution >= 4 is 35.8 Å². The first-order chi connectivity index (χ1) is 11.9. The van der Waals surface area contributed by atoms with Gasteiger partial charge in [-0.2, -0.15) is 5.10 Å². The molecule has 1 amide bonds. The second-order valence-corrected chi connectivity index (χ2v) is 9.33. The normalized spacial score (nSPS) is 16.6. The lowest BCUT2D eigenvalue weighted by Gasteiger charge is -2.36. The Kier molecular flexibility index (Phi) is 6.77. The van der Waals surface area contributed by atoms with Crippen molar-refractivity contribution in [1.29, 1.82) is 0 Å². The van der Waals surface area contributed by atoms with E-state index in [0.29, 0.717) is 0 Å². The molecule has 1 fully saturated rings.